The number of carbonyl (C=O) groups is 2. The van der Waals surface area contributed by atoms with Crippen LogP contribution in [-0.2, 0) is 14.3 Å². The van der Waals surface area contributed by atoms with E-state index >= 15 is 0 Å². The zero-order valence-corrected chi connectivity index (χ0v) is 24.4. The van der Waals surface area contributed by atoms with Gasteiger partial charge >= 0.3 is 11.9 Å². The largest absolute Gasteiger partial charge is 0.478 e. The zero-order valence-electron chi connectivity index (χ0n) is 24.4. The van der Waals surface area contributed by atoms with Gasteiger partial charge in [0.05, 0.1) is 6.10 Å². The average Bonchev–Trinajstić information content (AvgIpc) is 3.05. The second kappa shape index (κ2) is 9.84. The summed E-state index contributed by atoms with van der Waals surface area (Å²) in [6, 6.07) is 0. The maximum Gasteiger partial charge on any atom is 0.331 e. The maximum absolute atomic E-state index is 12.7. The molecule has 208 valence electrons. The smallest absolute Gasteiger partial charge is 0.331 e. The molecular formula is C32H50O5. The number of rotatable bonds is 5. The zero-order chi connectivity index (χ0) is 27.5. The molecule has 10 atom stereocenters. The minimum atomic E-state index is -0.871. The minimum absolute atomic E-state index is 0.00622. The van der Waals surface area contributed by atoms with Crippen LogP contribution in [0, 0.1) is 45.8 Å². The van der Waals surface area contributed by atoms with Crippen LogP contribution in [-0.4, -0.2) is 34.4 Å². The Labute approximate surface area is 224 Å². The Hall–Kier alpha value is -1.62. The summed E-state index contributed by atoms with van der Waals surface area (Å²) in [6.07, 6.45) is 8.28. The molecule has 0 aromatic heterocycles. The molecule has 0 aliphatic heterocycles. The van der Waals surface area contributed by atoms with E-state index in [9.17, 15) is 19.8 Å². The van der Waals surface area contributed by atoms with Gasteiger partial charge in [-0.25, -0.2) is 4.79 Å². The Kier molecular flexibility index (Phi) is 7.55. The first-order chi connectivity index (χ1) is 17.2. The summed E-state index contributed by atoms with van der Waals surface area (Å²) >= 11 is 0. The van der Waals surface area contributed by atoms with E-state index in [-0.39, 0.29) is 34.2 Å². The fourth-order valence-corrected chi connectivity index (χ4v) is 10.3. The molecule has 0 amide bonds. The van der Waals surface area contributed by atoms with Gasteiger partial charge in [0.25, 0.3) is 0 Å². The van der Waals surface area contributed by atoms with Gasteiger partial charge in [-0.15, -0.1) is 0 Å². The summed E-state index contributed by atoms with van der Waals surface area (Å²) in [4.78, 5) is 24.9. The lowest BCUT2D eigenvalue weighted by atomic mass is 9.35. The second-order valence-corrected chi connectivity index (χ2v) is 14.1. The van der Waals surface area contributed by atoms with Crippen molar-refractivity contribution in [1.29, 1.82) is 0 Å². The van der Waals surface area contributed by atoms with Gasteiger partial charge in [-0.05, 0) is 117 Å². The molecule has 0 saturated heterocycles. The first kappa shape index (κ1) is 28.4. The third-order valence-electron chi connectivity index (χ3n) is 11.9. The molecule has 4 saturated carbocycles. The van der Waals surface area contributed by atoms with Gasteiger partial charge in [0.15, 0.2) is 0 Å². The maximum atomic E-state index is 12.7. The summed E-state index contributed by atoms with van der Waals surface area (Å²) < 4.78 is 5.95. The van der Waals surface area contributed by atoms with Crippen LogP contribution in [0.2, 0.25) is 0 Å². The highest BCUT2D eigenvalue weighted by Gasteiger charge is 2.70. The Morgan fingerprint density at radius 2 is 1.73 bits per heavy atom. The molecule has 5 nitrogen and oxygen atoms in total. The number of ether oxygens (including phenoxy) is 1. The molecular weight excluding hydrogens is 464 g/mol. The molecule has 0 spiro atoms. The number of aliphatic carboxylic acids is 1. The number of allylic oxidation sites excluding steroid dienone is 2. The second-order valence-electron chi connectivity index (χ2n) is 14.1. The van der Waals surface area contributed by atoms with E-state index in [1.807, 2.05) is 13.8 Å². The van der Waals surface area contributed by atoms with Crippen LogP contribution >= 0.6 is 0 Å². The normalized spacial score (nSPS) is 46.2. The number of carbonyl (C=O) groups excluding carboxylic acids is 1. The predicted octanol–water partition coefficient (Wildman–Crippen LogP) is 6.94. The van der Waals surface area contributed by atoms with E-state index in [1.54, 1.807) is 0 Å². The van der Waals surface area contributed by atoms with Gasteiger partial charge in [0.2, 0.25) is 0 Å². The van der Waals surface area contributed by atoms with Gasteiger partial charge in [-0.2, -0.15) is 0 Å². The van der Waals surface area contributed by atoms with Crippen LogP contribution in [0.25, 0.3) is 0 Å². The van der Waals surface area contributed by atoms with Crippen LogP contribution < -0.4 is 0 Å². The number of carboxylic acid groups (broad SMARTS) is 1. The molecule has 0 heterocycles. The molecule has 4 aliphatic carbocycles. The average molecular weight is 515 g/mol. The van der Waals surface area contributed by atoms with Gasteiger partial charge in [-0.3, -0.25) is 4.79 Å². The molecule has 0 radical (unpaired) electrons. The van der Waals surface area contributed by atoms with E-state index < -0.39 is 12.1 Å². The van der Waals surface area contributed by atoms with Gasteiger partial charge in [0, 0.05) is 12.5 Å². The van der Waals surface area contributed by atoms with Crippen molar-refractivity contribution in [2.75, 3.05) is 0 Å². The molecule has 0 aromatic carbocycles. The van der Waals surface area contributed by atoms with E-state index in [0.29, 0.717) is 48.5 Å². The molecule has 37 heavy (non-hydrogen) atoms. The van der Waals surface area contributed by atoms with Gasteiger partial charge < -0.3 is 14.9 Å². The third-order valence-corrected chi connectivity index (χ3v) is 11.9. The Morgan fingerprint density at radius 1 is 1.05 bits per heavy atom. The monoisotopic (exact) mass is 514 g/mol. The highest BCUT2D eigenvalue weighted by Crippen LogP contribution is 2.75. The van der Waals surface area contributed by atoms with Crippen molar-refractivity contribution >= 4 is 11.9 Å². The van der Waals surface area contributed by atoms with Crippen LogP contribution in [0.4, 0.5) is 0 Å². The summed E-state index contributed by atoms with van der Waals surface area (Å²) in [6.45, 7) is 17.5. The van der Waals surface area contributed by atoms with Crippen LogP contribution in [0.15, 0.2) is 22.8 Å². The third kappa shape index (κ3) is 4.41. The highest BCUT2D eigenvalue weighted by atomic mass is 16.5. The lowest BCUT2D eigenvalue weighted by Crippen LogP contribution is -2.63. The quantitative estimate of drug-likeness (QED) is 0.236. The number of aliphatic hydroxyl groups excluding tert-OH is 1. The van der Waals surface area contributed by atoms with E-state index in [1.165, 1.54) is 12.5 Å². The van der Waals surface area contributed by atoms with E-state index in [2.05, 4.69) is 40.7 Å². The molecule has 0 bridgehead atoms. The number of fused-ring (bicyclic) bond motifs is 5. The van der Waals surface area contributed by atoms with Crippen molar-refractivity contribution in [3.8, 4) is 0 Å². The Bertz CT molecular complexity index is 991. The SMILES string of the molecule is CC(=O)O[C@H]1C[C@@]2(C)[C@@H](C[C@@H](C)[C@@H]3[C@@]4(C)CC[C@@H](O)[C@@H](C)[C@@H]4CC[C@@]32C)/C1=C(\CCC=C(C)C)C(=O)O. The van der Waals surface area contributed by atoms with Crippen molar-refractivity contribution in [1.82, 2.24) is 0 Å². The van der Waals surface area contributed by atoms with E-state index in [4.69, 9.17) is 4.74 Å². The number of hydrogen-bond acceptors (Lipinski definition) is 4. The molecule has 4 aliphatic rings. The molecule has 4 rings (SSSR count). The first-order valence-corrected chi connectivity index (χ1v) is 14.6. The van der Waals surface area contributed by atoms with Gasteiger partial charge in [-0.1, -0.05) is 46.3 Å². The number of aliphatic hydroxyl groups is 1. The predicted molar refractivity (Wildman–Crippen MR) is 146 cm³/mol. The number of carboxylic acids is 1. The lowest BCUT2D eigenvalue weighted by molar-refractivity contribution is -0.216. The van der Waals surface area contributed by atoms with E-state index in [0.717, 1.165) is 37.7 Å². The molecule has 0 unspecified atom stereocenters. The first-order valence-electron chi connectivity index (χ1n) is 14.6. The van der Waals surface area contributed by atoms with Crippen LogP contribution in [0.3, 0.4) is 0 Å². The van der Waals surface area contributed by atoms with Crippen molar-refractivity contribution in [3.05, 3.63) is 22.8 Å². The van der Waals surface area contributed by atoms with Gasteiger partial charge in [0.1, 0.15) is 6.10 Å². The molecule has 0 aromatic rings. The molecule has 5 heteroatoms. The van der Waals surface area contributed by atoms with Crippen LogP contribution in [0.5, 0.6) is 0 Å². The van der Waals surface area contributed by atoms with Crippen molar-refractivity contribution in [2.45, 2.75) is 119 Å². The molecule has 4 fully saturated rings. The fraction of sp³-hybridized carbons (Fsp3) is 0.812. The number of esters is 1. The summed E-state index contributed by atoms with van der Waals surface area (Å²) in [5, 5.41) is 21.1. The topological polar surface area (TPSA) is 83.8 Å². The van der Waals surface area contributed by atoms with Crippen LogP contribution in [0.1, 0.15) is 107 Å². The van der Waals surface area contributed by atoms with Crippen molar-refractivity contribution < 1.29 is 24.5 Å². The Morgan fingerprint density at radius 3 is 2.32 bits per heavy atom. The van der Waals surface area contributed by atoms with Crippen molar-refractivity contribution in [2.24, 2.45) is 45.8 Å². The Balaban J connectivity index is 1.82. The highest BCUT2D eigenvalue weighted by molar-refractivity contribution is 5.88. The standard InChI is InChI=1S/C32H50O5/c1-18(2)10-9-11-22(29(35)36)27-24-16-19(3)28-30(6)14-13-25(34)20(4)23(30)12-15-31(28,7)32(24,8)17-26(27)37-21(5)33/h10,19-20,23-26,28,34H,9,11-17H2,1-8H3,(H,35,36)/b27-22-/t19-,20+,23+,24+,25-,26+,28-,30+,31+,32+/m1/s1. The summed E-state index contributed by atoms with van der Waals surface area (Å²) in [5.74, 6) is 0.628. The minimum Gasteiger partial charge on any atom is -0.478 e. The summed E-state index contributed by atoms with van der Waals surface area (Å²) in [7, 11) is 0. The molecule has 2 N–H and O–H groups in total. The summed E-state index contributed by atoms with van der Waals surface area (Å²) in [5.41, 5.74) is 2.54. The lowest BCUT2D eigenvalue weighted by Gasteiger charge is -2.69. The van der Waals surface area contributed by atoms with Crippen molar-refractivity contribution in [3.63, 3.8) is 0 Å². The fourth-order valence-electron chi connectivity index (χ4n) is 10.3. The number of hydrogen-bond donors (Lipinski definition) is 2.